The van der Waals surface area contributed by atoms with E-state index in [1.165, 1.54) is 6.07 Å². The van der Waals surface area contributed by atoms with Gasteiger partial charge in [-0.15, -0.1) is 0 Å². The van der Waals surface area contributed by atoms with Gasteiger partial charge in [-0.05, 0) is 37.0 Å². The van der Waals surface area contributed by atoms with E-state index in [-0.39, 0.29) is 29.0 Å². The third kappa shape index (κ3) is 3.81. The van der Waals surface area contributed by atoms with E-state index in [9.17, 15) is 9.59 Å². The summed E-state index contributed by atoms with van der Waals surface area (Å²) in [5.41, 5.74) is 6.36. The summed E-state index contributed by atoms with van der Waals surface area (Å²) in [6.07, 6.45) is 1.65. The van der Waals surface area contributed by atoms with Crippen LogP contribution in [0.2, 0.25) is 0 Å². The fraction of sp³-hybridized carbons (Fsp3) is 0.389. The van der Waals surface area contributed by atoms with E-state index >= 15 is 0 Å². The van der Waals surface area contributed by atoms with Crippen molar-refractivity contribution in [2.45, 2.75) is 39.7 Å². The van der Waals surface area contributed by atoms with Crippen molar-refractivity contribution in [1.29, 1.82) is 0 Å². The lowest BCUT2D eigenvalue weighted by Crippen LogP contribution is -2.38. The quantitative estimate of drug-likeness (QED) is 0.796. The van der Waals surface area contributed by atoms with Crippen LogP contribution in [0, 0.1) is 12.3 Å². The van der Waals surface area contributed by atoms with Crippen molar-refractivity contribution in [2.75, 3.05) is 5.32 Å². The Bertz CT molecular complexity index is 825. The van der Waals surface area contributed by atoms with Gasteiger partial charge in [-0.25, -0.2) is 9.78 Å². The summed E-state index contributed by atoms with van der Waals surface area (Å²) in [5.74, 6) is 1.39. The molecule has 0 aliphatic heterocycles. The molecule has 7 heteroatoms. The number of nitrogens with two attached hydrogens (primary N) is 1. The number of aromatic nitrogens is 1. The molecule has 3 rings (SSSR count). The van der Waals surface area contributed by atoms with E-state index in [4.69, 9.17) is 10.2 Å². The maximum Gasteiger partial charge on any atom is 0.320 e. The number of carbonyl (C=O) groups excluding carboxylic acids is 2. The van der Waals surface area contributed by atoms with Gasteiger partial charge in [0.25, 0.3) is 5.91 Å². The van der Waals surface area contributed by atoms with Crippen LogP contribution in [0.5, 0.6) is 0 Å². The number of anilines is 1. The van der Waals surface area contributed by atoms with Crippen molar-refractivity contribution in [2.24, 2.45) is 11.1 Å². The molecule has 0 spiro atoms. The van der Waals surface area contributed by atoms with Crippen LogP contribution in [0.25, 0.3) is 0 Å². The lowest BCUT2D eigenvalue weighted by Gasteiger charge is -2.34. The number of carbonyl (C=O) groups is 2. The van der Waals surface area contributed by atoms with Crippen LogP contribution >= 0.6 is 0 Å². The Labute approximate surface area is 146 Å². The van der Waals surface area contributed by atoms with Gasteiger partial charge in [-0.2, -0.15) is 0 Å². The number of fused-ring (bicyclic) bond motifs is 1. The van der Waals surface area contributed by atoms with Gasteiger partial charge in [0.05, 0.1) is 6.04 Å². The number of urea groups is 1. The molecule has 1 unspecified atom stereocenters. The average molecular weight is 342 g/mol. The van der Waals surface area contributed by atoms with Crippen LogP contribution in [0.4, 0.5) is 10.6 Å². The molecular formula is C18H22N4O3. The van der Waals surface area contributed by atoms with E-state index in [0.29, 0.717) is 0 Å². The van der Waals surface area contributed by atoms with Crippen LogP contribution in [0.1, 0.15) is 53.9 Å². The molecule has 25 heavy (non-hydrogen) atoms. The molecule has 2 aromatic rings. The molecule has 1 atom stereocenters. The normalized spacial score (nSPS) is 18.3. The first-order chi connectivity index (χ1) is 11.7. The van der Waals surface area contributed by atoms with E-state index in [2.05, 4.69) is 29.5 Å². The first kappa shape index (κ1) is 17.0. The maximum absolute atomic E-state index is 12.4. The number of nitrogens with zero attached hydrogens (tertiary/aromatic N) is 1. The van der Waals surface area contributed by atoms with Crippen LogP contribution in [0.15, 0.2) is 28.7 Å². The van der Waals surface area contributed by atoms with Gasteiger partial charge in [0.15, 0.2) is 0 Å². The van der Waals surface area contributed by atoms with Crippen LogP contribution in [0.3, 0.4) is 0 Å². The SMILES string of the molecule is Cc1cc2c(o1)CC(C)(C)CC2NC(=O)Nc1cccc(C(N)=O)n1. The number of primary amides is 1. The molecule has 0 aromatic carbocycles. The van der Waals surface area contributed by atoms with E-state index < -0.39 is 5.91 Å². The van der Waals surface area contributed by atoms with Gasteiger partial charge in [-0.1, -0.05) is 19.9 Å². The standard InChI is InChI=1S/C18H22N4O3/c1-10-7-11-13(8-18(2,3)9-14(11)25-10)21-17(24)22-15-6-4-5-12(20-15)16(19)23/h4-7,13H,8-9H2,1-3H3,(H2,19,23)(H2,20,21,22,24). The fourth-order valence-corrected chi connectivity index (χ4v) is 3.27. The number of hydrogen-bond donors (Lipinski definition) is 3. The lowest BCUT2D eigenvalue weighted by molar-refractivity contribution is 0.0995. The number of rotatable bonds is 3. The molecule has 7 nitrogen and oxygen atoms in total. The minimum atomic E-state index is -0.642. The molecule has 2 aromatic heterocycles. The number of hydrogen-bond acceptors (Lipinski definition) is 4. The average Bonchev–Trinajstić information content (AvgIpc) is 2.86. The van der Waals surface area contributed by atoms with Crippen molar-refractivity contribution in [1.82, 2.24) is 10.3 Å². The second kappa shape index (κ2) is 6.23. The predicted octanol–water partition coefficient (Wildman–Crippen LogP) is 2.92. The minimum absolute atomic E-state index is 0.0272. The smallest absolute Gasteiger partial charge is 0.320 e. The van der Waals surface area contributed by atoms with E-state index in [1.807, 2.05) is 13.0 Å². The highest BCUT2D eigenvalue weighted by molar-refractivity contribution is 5.92. The number of pyridine rings is 1. The first-order valence-electron chi connectivity index (χ1n) is 8.17. The predicted molar refractivity (Wildman–Crippen MR) is 93.2 cm³/mol. The van der Waals surface area contributed by atoms with Crippen molar-refractivity contribution in [3.05, 3.63) is 47.0 Å². The van der Waals surface area contributed by atoms with Gasteiger partial charge in [0.2, 0.25) is 0 Å². The summed E-state index contributed by atoms with van der Waals surface area (Å²) in [7, 11) is 0. The van der Waals surface area contributed by atoms with Crippen molar-refractivity contribution in [3.8, 4) is 0 Å². The molecule has 1 aliphatic carbocycles. The summed E-state index contributed by atoms with van der Waals surface area (Å²) in [6, 6.07) is 6.16. The number of furan rings is 1. The molecule has 4 N–H and O–H groups in total. The van der Waals surface area contributed by atoms with Crippen molar-refractivity contribution >= 4 is 17.8 Å². The number of aryl methyl sites for hydroxylation is 1. The Kier molecular flexibility index (Phi) is 4.24. The Morgan fingerprint density at radius 3 is 2.84 bits per heavy atom. The molecule has 0 radical (unpaired) electrons. The number of nitrogens with one attached hydrogen (secondary N) is 2. The lowest BCUT2D eigenvalue weighted by atomic mass is 9.75. The Morgan fingerprint density at radius 2 is 2.12 bits per heavy atom. The zero-order valence-electron chi connectivity index (χ0n) is 14.6. The fourth-order valence-electron chi connectivity index (χ4n) is 3.27. The minimum Gasteiger partial charge on any atom is -0.466 e. The monoisotopic (exact) mass is 342 g/mol. The molecule has 0 fully saturated rings. The first-order valence-corrected chi connectivity index (χ1v) is 8.17. The van der Waals surface area contributed by atoms with Gasteiger partial charge >= 0.3 is 6.03 Å². The van der Waals surface area contributed by atoms with Gasteiger partial charge < -0.3 is 15.5 Å². The highest BCUT2D eigenvalue weighted by Gasteiger charge is 2.35. The summed E-state index contributed by atoms with van der Waals surface area (Å²) < 4.78 is 5.78. The second-order valence-electron chi connectivity index (χ2n) is 7.20. The summed E-state index contributed by atoms with van der Waals surface area (Å²) in [5, 5.41) is 5.62. The van der Waals surface area contributed by atoms with Crippen LogP contribution < -0.4 is 16.4 Å². The Hall–Kier alpha value is -2.83. The second-order valence-corrected chi connectivity index (χ2v) is 7.20. The summed E-state index contributed by atoms with van der Waals surface area (Å²) in [4.78, 5) is 27.6. The van der Waals surface area contributed by atoms with Crippen LogP contribution in [-0.4, -0.2) is 16.9 Å². The molecule has 3 amide bonds. The molecular weight excluding hydrogens is 320 g/mol. The largest absolute Gasteiger partial charge is 0.466 e. The van der Waals surface area contributed by atoms with Gasteiger partial charge in [0, 0.05) is 12.0 Å². The maximum atomic E-state index is 12.4. The third-order valence-corrected chi connectivity index (χ3v) is 4.28. The molecule has 0 bridgehead atoms. The van der Waals surface area contributed by atoms with Crippen molar-refractivity contribution < 1.29 is 14.0 Å². The van der Waals surface area contributed by atoms with Gasteiger partial charge in [-0.3, -0.25) is 10.1 Å². The Morgan fingerprint density at radius 1 is 1.36 bits per heavy atom. The van der Waals surface area contributed by atoms with Gasteiger partial charge in [0.1, 0.15) is 23.0 Å². The number of amides is 3. The summed E-state index contributed by atoms with van der Waals surface area (Å²) >= 11 is 0. The zero-order chi connectivity index (χ0) is 18.2. The molecule has 1 aliphatic rings. The van der Waals surface area contributed by atoms with Crippen LogP contribution in [-0.2, 0) is 6.42 Å². The summed E-state index contributed by atoms with van der Waals surface area (Å²) in [6.45, 7) is 6.21. The Balaban J connectivity index is 1.74. The molecule has 0 saturated heterocycles. The molecule has 2 heterocycles. The van der Waals surface area contributed by atoms with E-state index in [1.54, 1.807) is 12.1 Å². The van der Waals surface area contributed by atoms with Crippen molar-refractivity contribution in [3.63, 3.8) is 0 Å². The highest BCUT2D eigenvalue weighted by atomic mass is 16.3. The topological polar surface area (TPSA) is 110 Å². The third-order valence-electron chi connectivity index (χ3n) is 4.28. The van der Waals surface area contributed by atoms with E-state index in [0.717, 1.165) is 29.9 Å². The molecule has 132 valence electrons. The zero-order valence-corrected chi connectivity index (χ0v) is 14.6. The highest BCUT2D eigenvalue weighted by Crippen LogP contribution is 2.41. The molecule has 0 saturated carbocycles.